The number of nitrogens with one attached hydrogen (secondary N) is 2. The van der Waals surface area contributed by atoms with Gasteiger partial charge in [-0.15, -0.1) is 10.2 Å². The van der Waals surface area contributed by atoms with Crippen molar-refractivity contribution in [3.63, 3.8) is 0 Å². The van der Waals surface area contributed by atoms with E-state index >= 15 is 0 Å². The lowest BCUT2D eigenvalue weighted by Gasteiger charge is -2.10. The average Bonchev–Trinajstić information content (AvgIpc) is 3.21. The SMILES string of the molecule is CCNC(=NCc1nnc2ccccn12)NCC1CC1. The summed E-state index contributed by atoms with van der Waals surface area (Å²) in [5.74, 6) is 2.53. The van der Waals surface area contributed by atoms with Gasteiger partial charge in [-0.1, -0.05) is 6.07 Å². The van der Waals surface area contributed by atoms with E-state index in [4.69, 9.17) is 0 Å². The summed E-state index contributed by atoms with van der Waals surface area (Å²) in [4.78, 5) is 4.58. The number of hydrogen-bond acceptors (Lipinski definition) is 3. The number of fused-ring (bicyclic) bond motifs is 1. The van der Waals surface area contributed by atoms with Gasteiger partial charge < -0.3 is 10.6 Å². The zero-order valence-corrected chi connectivity index (χ0v) is 11.7. The van der Waals surface area contributed by atoms with Crippen LogP contribution in [0.15, 0.2) is 29.4 Å². The molecule has 2 N–H and O–H groups in total. The average molecular weight is 272 g/mol. The van der Waals surface area contributed by atoms with E-state index in [0.29, 0.717) is 6.54 Å². The van der Waals surface area contributed by atoms with E-state index in [1.807, 2.05) is 28.8 Å². The minimum absolute atomic E-state index is 0.519. The van der Waals surface area contributed by atoms with Gasteiger partial charge in [0.15, 0.2) is 17.4 Å². The van der Waals surface area contributed by atoms with Crippen molar-refractivity contribution < 1.29 is 0 Å². The summed E-state index contributed by atoms with van der Waals surface area (Å²) in [6.07, 6.45) is 4.63. The Balaban J connectivity index is 1.68. The largest absolute Gasteiger partial charge is 0.357 e. The van der Waals surface area contributed by atoms with Crippen LogP contribution >= 0.6 is 0 Å². The molecule has 1 aliphatic carbocycles. The maximum Gasteiger partial charge on any atom is 0.191 e. The third-order valence-corrected chi connectivity index (χ3v) is 3.36. The molecule has 0 amide bonds. The number of aromatic nitrogens is 3. The highest BCUT2D eigenvalue weighted by atomic mass is 15.3. The quantitative estimate of drug-likeness (QED) is 0.634. The summed E-state index contributed by atoms with van der Waals surface area (Å²) in [6.45, 7) is 4.45. The molecular weight excluding hydrogens is 252 g/mol. The van der Waals surface area contributed by atoms with Gasteiger partial charge in [-0.25, -0.2) is 4.99 Å². The van der Waals surface area contributed by atoms with Crippen molar-refractivity contribution in [2.75, 3.05) is 13.1 Å². The Morgan fingerprint density at radius 3 is 3.05 bits per heavy atom. The molecule has 0 aromatic carbocycles. The molecule has 2 aromatic rings. The van der Waals surface area contributed by atoms with Crippen molar-refractivity contribution in [3.05, 3.63) is 30.2 Å². The van der Waals surface area contributed by atoms with Crippen LogP contribution in [0.4, 0.5) is 0 Å². The maximum absolute atomic E-state index is 4.58. The van der Waals surface area contributed by atoms with E-state index in [-0.39, 0.29) is 0 Å². The first-order valence-electron chi connectivity index (χ1n) is 7.17. The second-order valence-electron chi connectivity index (χ2n) is 5.06. The molecule has 2 heterocycles. The Kier molecular flexibility index (Phi) is 3.80. The third kappa shape index (κ3) is 3.07. The van der Waals surface area contributed by atoms with Crippen molar-refractivity contribution in [2.24, 2.45) is 10.9 Å². The normalized spacial score (nSPS) is 15.6. The molecule has 106 valence electrons. The molecule has 1 aliphatic rings. The van der Waals surface area contributed by atoms with Crippen molar-refractivity contribution >= 4 is 11.6 Å². The van der Waals surface area contributed by atoms with Crippen LogP contribution in [0.2, 0.25) is 0 Å². The highest BCUT2D eigenvalue weighted by Gasteiger charge is 2.21. The zero-order valence-electron chi connectivity index (χ0n) is 11.7. The van der Waals surface area contributed by atoms with E-state index in [1.165, 1.54) is 12.8 Å². The first kappa shape index (κ1) is 12.9. The number of pyridine rings is 1. The van der Waals surface area contributed by atoms with Gasteiger partial charge in [-0.2, -0.15) is 0 Å². The molecule has 6 nitrogen and oxygen atoms in total. The molecule has 1 fully saturated rings. The first-order chi connectivity index (χ1) is 9.86. The second-order valence-corrected chi connectivity index (χ2v) is 5.06. The zero-order chi connectivity index (χ0) is 13.8. The van der Waals surface area contributed by atoms with E-state index in [9.17, 15) is 0 Å². The smallest absolute Gasteiger partial charge is 0.191 e. The summed E-state index contributed by atoms with van der Waals surface area (Å²) in [7, 11) is 0. The topological polar surface area (TPSA) is 66.6 Å². The second kappa shape index (κ2) is 5.90. The lowest BCUT2D eigenvalue weighted by Crippen LogP contribution is -2.38. The summed E-state index contributed by atoms with van der Waals surface area (Å²) in [5, 5.41) is 14.9. The molecule has 0 spiro atoms. The Labute approximate surface area is 118 Å². The van der Waals surface area contributed by atoms with E-state index in [2.05, 4.69) is 32.7 Å². The number of nitrogens with zero attached hydrogens (tertiary/aromatic N) is 4. The molecule has 1 saturated carbocycles. The predicted molar refractivity (Wildman–Crippen MR) is 78.5 cm³/mol. The third-order valence-electron chi connectivity index (χ3n) is 3.36. The lowest BCUT2D eigenvalue weighted by molar-refractivity contribution is 0.735. The molecule has 0 bridgehead atoms. The van der Waals surface area contributed by atoms with Gasteiger partial charge in [0.2, 0.25) is 0 Å². The minimum atomic E-state index is 0.519. The number of guanidine groups is 1. The summed E-state index contributed by atoms with van der Waals surface area (Å²) < 4.78 is 1.97. The molecule has 3 rings (SSSR count). The van der Waals surface area contributed by atoms with Crippen LogP contribution in [-0.4, -0.2) is 33.6 Å². The fourth-order valence-corrected chi connectivity index (χ4v) is 2.05. The molecule has 0 saturated heterocycles. The van der Waals surface area contributed by atoms with Gasteiger partial charge in [0.05, 0.1) is 0 Å². The van der Waals surface area contributed by atoms with Crippen molar-refractivity contribution in [1.82, 2.24) is 25.2 Å². The van der Waals surface area contributed by atoms with Crippen molar-refractivity contribution in [2.45, 2.75) is 26.3 Å². The minimum Gasteiger partial charge on any atom is -0.357 e. The molecule has 0 unspecified atom stereocenters. The summed E-state index contributed by atoms with van der Waals surface area (Å²) in [5.41, 5.74) is 0.855. The van der Waals surface area contributed by atoms with Crippen LogP contribution in [0, 0.1) is 5.92 Å². The number of rotatable bonds is 5. The number of aliphatic imine (C=N–C) groups is 1. The first-order valence-corrected chi connectivity index (χ1v) is 7.17. The van der Waals surface area contributed by atoms with Gasteiger partial charge in [0.1, 0.15) is 6.54 Å². The monoisotopic (exact) mass is 272 g/mol. The molecule has 6 heteroatoms. The van der Waals surface area contributed by atoms with E-state index in [1.54, 1.807) is 0 Å². The van der Waals surface area contributed by atoms with Crippen LogP contribution in [0.3, 0.4) is 0 Å². The Morgan fingerprint density at radius 1 is 1.35 bits per heavy atom. The summed E-state index contributed by atoms with van der Waals surface area (Å²) in [6, 6.07) is 5.87. The Hall–Kier alpha value is -2.11. The van der Waals surface area contributed by atoms with E-state index in [0.717, 1.165) is 36.4 Å². The van der Waals surface area contributed by atoms with Gasteiger partial charge >= 0.3 is 0 Å². The van der Waals surface area contributed by atoms with Crippen LogP contribution < -0.4 is 10.6 Å². The van der Waals surface area contributed by atoms with E-state index < -0.39 is 0 Å². The maximum atomic E-state index is 4.58. The van der Waals surface area contributed by atoms with Crippen LogP contribution in [0.1, 0.15) is 25.6 Å². The molecule has 2 aromatic heterocycles. The van der Waals surface area contributed by atoms with Gasteiger partial charge in [-0.3, -0.25) is 4.40 Å². The van der Waals surface area contributed by atoms with Gasteiger partial charge in [-0.05, 0) is 37.8 Å². The van der Waals surface area contributed by atoms with Crippen LogP contribution in [-0.2, 0) is 6.54 Å². The standard InChI is InChI=1S/C14H20N6/c1-2-15-14(16-9-11-6-7-11)17-10-13-19-18-12-5-3-4-8-20(12)13/h3-5,8,11H,2,6-7,9-10H2,1H3,(H2,15,16,17). The van der Waals surface area contributed by atoms with Gasteiger partial charge in [0.25, 0.3) is 0 Å². The van der Waals surface area contributed by atoms with Crippen LogP contribution in [0.25, 0.3) is 5.65 Å². The molecule has 0 radical (unpaired) electrons. The molecule has 0 aliphatic heterocycles. The molecule has 0 atom stereocenters. The van der Waals surface area contributed by atoms with Crippen LogP contribution in [0.5, 0.6) is 0 Å². The lowest BCUT2D eigenvalue weighted by atomic mass is 10.4. The van der Waals surface area contributed by atoms with Crippen molar-refractivity contribution in [1.29, 1.82) is 0 Å². The van der Waals surface area contributed by atoms with Crippen molar-refractivity contribution in [3.8, 4) is 0 Å². The predicted octanol–water partition coefficient (Wildman–Crippen LogP) is 1.19. The Bertz CT molecular complexity index is 598. The molecule has 20 heavy (non-hydrogen) atoms. The highest BCUT2D eigenvalue weighted by molar-refractivity contribution is 5.79. The number of hydrogen-bond donors (Lipinski definition) is 2. The summed E-state index contributed by atoms with van der Waals surface area (Å²) >= 11 is 0. The fraction of sp³-hybridized carbons (Fsp3) is 0.500. The highest BCUT2D eigenvalue weighted by Crippen LogP contribution is 2.27. The fourth-order valence-electron chi connectivity index (χ4n) is 2.05. The molecular formula is C14H20N6. The Morgan fingerprint density at radius 2 is 2.25 bits per heavy atom. The van der Waals surface area contributed by atoms with Gasteiger partial charge in [0, 0.05) is 19.3 Å².